The zero-order valence-corrected chi connectivity index (χ0v) is 12.1. The topological polar surface area (TPSA) is 55.4 Å². The number of aryl methyl sites for hydroxylation is 1. The maximum absolute atomic E-state index is 5.37. The summed E-state index contributed by atoms with van der Waals surface area (Å²) < 4.78 is 10.7. The fraction of sp³-hybridized carbons (Fsp3) is 0.643. The van der Waals surface area contributed by atoms with Crippen LogP contribution in [0.25, 0.3) is 0 Å². The molecular formula is C14H23N3O2. The van der Waals surface area contributed by atoms with Crippen LogP contribution in [0.3, 0.4) is 0 Å². The normalized spacial score (nSPS) is 16.1. The van der Waals surface area contributed by atoms with Crippen molar-refractivity contribution in [2.45, 2.75) is 32.1 Å². The Balaban J connectivity index is 2.48. The summed E-state index contributed by atoms with van der Waals surface area (Å²) >= 11 is 0. The van der Waals surface area contributed by atoms with E-state index in [1.165, 1.54) is 5.56 Å². The van der Waals surface area contributed by atoms with Crippen LogP contribution >= 0.6 is 0 Å². The number of methoxy groups -OCH3 is 2. The maximum Gasteiger partial charge on any atom is 0.200 e. The van der Waals surface area contributed by atoms with E-state index in [2.05, 4.69) is 23.6 Å². The van der Waals surface area contributed by atoms with Gasteiger partial charge < -0.3 is 20.1 Å². The molecule has 1 aliphatic heterocycles. The summed E-state index contributed by atoms with van der Waals surface area (Å²) in [6, 6.07) is 2.43. The number of nitrogens with zero attached hydrogens (tertiary/aromatic N) is 1. The van der Waals surface area contributed by atoms with E-state index in [9.17, 15) is 0 Å². The Kier molecular flexibility index (Phi) is 4.74. The molecule has 0 bridgehead atoms. The van der Waals surface area contributed by atoms with Gasteiger partial charge in [-0.2, -0.15) is 0 Å². The van der Waals surface area contributed by atoms with E-state index in [-0.39, 0.29) is 6.04 Å². The zero-order valence-electron chi connectivity index (χ0n) is 12.1. The van der Waals surface area contributed by atoms with E-state index in [0.29, 0.717) is 0 Å². The molecule has 19 heavy (non-hydrogen) atoms. The van der Waals surface area contributed by atoms with Crippen molar-refractivity contribution in [2.75, 3.05) is 33.1 Å². The molecule has 1 atom stereocenters. The minimum Gasteiger partial charge on any atom is -0.370 e. The van der Waals surface area contributed by atoms with Gasteiger partial charge in [-0.1, -0.05) is 0 Å². The smallest absolute Gasteiger partial charge is 0.200 e. The van der Waals surface area contributed by atoms with Crippen molar-refractivity contribution < 1.29 is 9.47 Å². The van der Waals surface area contributed by atoms with Crippen LogP contribution < -0.4 is 10.6 Å². The summed E-state index contributed by atoms with van der Waals surface area (Å²) in [6.45, 7) is 3.09. The minimum absolute atomic E-state index is 0.211. The lowest BCUT2D eigenvalue weighted by molar-refractivity contribution is -0.109. The number of anilines is 1. The molecule has 0 saturated carbocycles. The summed E-state index contributed by atoms with van der Waals surface area (Å²) in [5.41, 5.74) is 3.26. The Labute approximate surface area is 114 Å². The number of fused-ring (bicyclic) bond motifs is 1. The SMILES string of the molecule is CNC(C)c1cc2c(nc1C(OC)OC)NCCC2. The van der Waals surface area contributed by atoms with Crippen LogP contribution in [-0.2, 0) is 15.9 Å². The highest BCUT2D eigenvalue weighted by molar-refractivity contribution is 5.50. The summed E-state index contributed by atoms with van der Waals surface area (Å²) in [7, 11) is 5.22. The first-order valence-electron chi connectivity index (χ1n) is 6.71. The van der Waals surface area contributed by atoms with Gasteiger partial charge in [0.1, 0.15) is 11.5 Å². The van der Waals surface area contributed by atoms with E-state index >= 15 is 0 Å². The van der Waals surface area contributed by atoms with Crippen LogP contribution in [0, 0.1) is 0 Å². The van der Waals surface area contributed by atoms with E-state index in [0.717, 1.165) is 36.5 Å². The lowest BCUT2D eigenvalue weighted by Gasteiger charge is -2.25. The van der Waals surface area contributed by atoms with Crippen molar-refractivity contribution >= 4 is 5.82 Å². The van der Waals surface area contributed by atoms with Gasteiger partial charge in [-0.25, -0.2) is 4.98 Å². The van der Waals surface area contributed by atoms with E-state index < -0.39 is 6.29 Å². The van der Waals surface area contributed by atoms with Crippen molar-refractivity contribution in [3.63, 3.8) is 0 Å². The van der Waals surface area contributed by atoms with Gasteiger partial charge in [0.2, 0.25) is 6.29 Å². The van der Waals surface area contributed by atoms with Crippen LogP contribution in [0.5, 0.6) is 0 Å². The molecule has 2 heterocycles. The van der Waals surface area contributed by atoms with Crippen molar-refractivity contribution in [3.05, 3.63) is 22.9 Å². The fourth-order valence-electron chi connectivity index (χ4n) is 2.43. The molecule has 0 saturated heterocycles. The second kappa shape index (κ2) is 6.32. The third kappa shape index (κ3) is 2.88. The monoisotopic (exact) mass is 265 g/mol. The number of aromatic nitrogens is 1. The Bertz CT molecular complexity index is 433. The van der Waals surface area contributed by atoms with Crippen LogP contribution in [-0.4, -0.2) is 32.8 Å². The molecule has 0 spiro atoms. The molecular weight excluding hydrogens is 242 g/mol. The number of nitrogens with one attached hydrogen (secondary N) is 2. The molecule has 1 unspecified atom stereocenters. The molecule has 2 rings (SSSR count). The third-order valence-corrected chi connectivity index (χ3v) is 3.63. The molecule has 1 aromatic heterocycles. The minimum atomic E-state index is -0.431. The average molecular weight is 265 g/mol. The fourth-order valence-corrected chi connectivity index (χ4v) is 2.43. The van der Waals surface area contributed by atoms with Crippen molar-refractivity contribution in [1.29, 1.82) is 0 Å². The molecule has 0 aromatic carbocycles. The van der Waals surface area contributed by atoms with Gasteiger partial charge in [0.15, 0.2) is 0 Å². The number of rotatable bonds is 5. The Morgan fingerprint density at radius 3 is 2.74 bits per heavy atom. The second-order valence-corrected chi connectivity index (χ2v) is 4.81. The molecule has 1 aliphatic rings. The first-order valence-corrected chi connectivity index (χ1v) is 6.71. The Morgan fingerprint density at radius 1 is 1.37 bits per heavy atom. The molecule has 5 nitrogen and oxygen atoms in total. The first kappa shape index (κ1) is 14.2. The third-order valence-electron chi connectivity index (χ3n) is 3.63. The predicted octanol–water partition coefficient (Wildman–Crippen LogP) is 2.01. The molecule has 0 aliphatic carbocycles. The number of hydrogen-bond acceptors (Lipinski definition) is 5. The molecule has 5 heteroatoms. The van der Waals surface area contributed by atoms with Gasteiger partial charge in [-0.15, -0.1) is 0 Å². The lowest BCUT2D eigenvalue weighted by Crippen LogP contribution is -2.22. The largest absolute Gasteiger partial charge is 0.370 e. The van der Waals surface area contributed by atoms with Gasteiger partial charge >= 0.3 is 0 Å². The van der Waals surface area contributed by atoms with Crippen molar-refractivity contribution in [1.82, 2.24) is 10.3 Å². The number of pyridine rings is 1. The molecule has 0 radical (unpaired) electrons. The van der Waals surface area contributed by atoms with E-state index in [4.69, 9.17) is 14.5 Å². The summed E-state index contributed by atoms with van der Waals surface area (Å²) in [6.07, 6.45) is 1.79. The lowest BCUT2D eigenvalue weighted by atomic mass is 9.99. The van der Waals surface area contributed by atoms with Gasteiger partial charge in [0, 0.05) is 26.8 Å². The highest BCUT2D eigenvalue weighted by atomic mass is 16.7. The molecule has 106 valence electrons. The molecule has 2 N–H and O–H groups in total. The standard InChI is InChI=1S/C14H23N3O2/c1-9(15-2)11-8-10-6-5-7-16-13(10)17-12(11)14(18-3)19-4/h8-9,14-15H,5-7H2,1-4H3,(H,16,17). The van der Waals surface area contributed by atoms with Gasteiger partial charge in [-0.05, 0) is 44.0 Å². The number of ether oxygens (including phenoxy) is 2. The van der Waals surface area contributed by atoms with Crippen LogP contribution in [0.4, 0.5) is 5.82 Å². The van der Waals surface area contributed by atoms with Gasteiger partial charge in [-0.3, -0.25) is 0 Å². The van der Waals surface area contributed by atoms with Gasteiger partial charge in [0.05, 0.1) is 0 Å². The Hall–Kier alpha value is -1.17. The molecule has 1 aromatic rings. The first-order chi connectivity index (χ1) is 9.21. The van der Waals surface area contributed by atoms with E-state index in [1.54, 1.807) is 14.2 Å². The van der Waals surface area contributed by atoms with Gasteiger partial charge in [0.25, 0.3) is 0 Å². The quantitative estimate of drug-likeness (QED) is 0.798. The second-order valence-electron chi connectivity index (χ2n) is 4.81. The summed E-state index contributed by atoms with van der Waals surface area (Å²) in [4.78, 5) is 4.72. The summed E-state index contributed by atoms with van der Waals surface area (Å²) in [5.74, 6) is 0.965. The maximum atomic E-state index is 5.37. The molecule has 0 amide bonds. The highest BCUT2D eigenvalue weighted by Gasteiger charge is 2.23. The zero-order chi connectivity index (χ0) is 13.8. The van der Waals surface area contributed by atoms with Crippen LogP contribution in [0.15, 0.2) is 6.07 Å². The average Bonchev–Trinajstić information content (AvgIpc) is 2.47. The van der Waals surface area contributed by atoms with Crippen molar-refractivity contribution in [2.24, 2.45) is 0 Å². The Morgan fingerprint density at radius 2 is 2.11 bits per heavy atom. The van der Waals surface area contributed by atoms with Crippen molar-refractivity contribution in [3.8, 4) is 0 Å². The van der Waals surface area contributed by atoms with Crippen LogP contribution in [0.2, 0.25) is 0 Å². The highest BCUT2D eigenvalue weighted by Crippen LogP contribution is 2.30. The van der Waals surface area contributed by atoms with Crippen LogP contribution in [0.1, 0.15) is 42.5 Å². The predicted molar refractivity (Wildman–Crippen MR) is 75.3 cm³/mol. The molecule has 0 fully saturated rings. The number of hydrogen-bond donors (Lipinski definition) is 2. The summed E-state index contributed by atoms with van der Waals surface area (Å²) in [5, 5.41) is 6.61. The van der Waals surface area contributed by atoms with E-state index in [1.807, 2.05) is 7.05 Å².